The van der Waals surface area contributed by atoms with Crippen LogP contribution in [0.3, 0.4) is 0 Å². The largest absolute Gasteiger partial charge is 0.491 e. The van der Waals surface area contributed by atoms with Gasteiger partial charge in [0.2, 0.25) is 0 Å². The fourth-order valence-corrected chi connectivity index (χ4v) is 2.30. The van der Waals surface area contributed by atoms with Gasteiger partial charge in [-0.3, -0.25) is 0 Å². The number of nitrogens with one attached hydrogen (secondary N) is 1. The molecule has 1 unspecified atom stereocenters. The molecule has 2 aromatic carbocycles. The van der Waals surface area contributed by atoms with E-state index in [1.807, 2.05) is 26.0 Å². The Morgan fingerprint density at radius 2 is 1.57 bits per heavy atom. The number of ether oxygens (including phenoxy) is 1. The van der Waals surface area contributed by atoms with Gasteiger partial charge in [-0.25, -0.2) is 0 Å². The molecule has 0 amide bonds. The van der Waals surface area contributed by atoms with E-state index in [0.29, 0.717) is 5.92 Å². The number of benzene rings is 2. The Bertz CT molecular complexity index is 519. The summed E-state index contributed by atoms with van der Waals surface area (Å²) in [5.74, 6) is 1.50. The maximum absolute atomic E-state index is 5.64. The Hall–Kier alpha value is -1.96. The minimum Gasteiger partial charge on any atom is -0.491 e. The summed E-state index contributed by atoms with van der Waals surface area (Å²) in [6.07, 6.45) is 1.34. The predicted octanol–water partition coefficient (Wildman–Crippen LogP) is 5.08. The van der Waals surface area contributed by atoms with Crippen molar-refractivity contribution in [1.82, 2.24) is 0 Å². The van der Waals surface area contributed by atoms with Crippen molar-refractivity contribution in [3.8, 4) is 5.75 Å². The van der Waals surface area contributed by atoms with Crippen LogP contribution in [0.25, 0.3) is 0 Å². The normalized spacial score (nSPS) is 12.2. The summed E-state index contributed by atoms with van der Waals surface area (Å²) in [6.45, 7) is 7.32. The first-order valence-corrected chi connectivity index (χ1v) is 7.70. The predicted molar refractivity (Wildman–Crippen MR) is 90.2 cm³/mol. The molecule has 21 heavy (non-hydrogen) atoms. The van der Waals surface area contributed by atoms with Crippen molar-refractivity contribution >= 4 is 5.69 Å². The molecule has 112 valence electrons. The van der Waals surface area contributed by atoms with Gasteiger partial charge in [-0.05, 0) is 56.0 Å². The van der Waals surface area contributed by atoms with Crippen molar-refractivity contribution in [2.75, 3.05) is 11.9 Å². The van der Waals surface area contributed by atoms with Gasteiger partial charge in [0, 0.05) is 12.2 Å². The van der Waals surface area contributed by atoms with Crippen molar-refractivity contribution in [2.45, 2.75) is 39.2 Å². The number of anilines is 1. The van der Waals surface area contributed by atoms with Crippen LogP contribution in [0.4, 0.5) is 5.69 Å². The third kappa shape index (κ3) is 5.14. The van der Waals surface area contributed by atoms with Gasteiger partial charge in [-0.15, -0.1) is 0 Å². The zero-order chi connectivity index (χ0) is 15.1. The molecule has 2 rings (SSSR count). The Labute approximate surface area is 128 Å². The topological polar surface area (TPSA) is 21.3 Å². The summed E-state index contributed by atoms with van der Waals surface area (Å²) < 4.78 is 5.64. The van der Waals surface area contributed by atoms with Crippen molar-refractivity contribution in [3.63, 3.8) is 0 Å². The molecule has 0 spiro atoms. The second-order valence-electron chi connectivity index (χ2n) is 5.72. The molecule has 0 aliphatic heterocycles. The molecule has 0 saturated carbocycles. The van der Waals surface area contributed by atoms with E-state index in [-0.39, 0.29) is 6.10 Å². The van der Waals surface area contributed by atoms with Gasteiger partial charge in [-0.1, -0.05) is 37.3 Å². The summed E-state index contributed by atoms with van der Waals surface area (Å²) in [5, 5.41) is 3.47. The lowest BCUT2D eigenvalue weighted by molar-refractivity contribution is 0.242. The fourth-order valence-electron chi connectivity index (χ4n) is 2.30. The summed E-state index contributed by atoms with van der Waals surface area (Å²) in [5.41, 5.74) is 2.55. The maximum Gasteiger partial charge on any atom is 0.119 e. The van der Waals surface area contributed by atoms with Crippen molar-refractivity contribution in [3.05, 3.63) is 60.2 Å². The Kier molecular flexibility index (Phi) is 5.68. The summed E-state index contributed by atoms with van der Waals surface area (Å²) in [7, 11) is 0. The molecule has 1 atom stereocenters. The SMILES string of the molecule is CC(C)Oc1ccc(NCCC(C)c2ccccc2)cc1. The quantitative estimate of drug-likeness (QED) is 0.765. The Balaban J connectivity index is 1.78. The van der Waals surface area contributed by atoms with Gasteiger partial charge in [0.25, 0.3) is 0 Å². The number of rotatable bonds is 7. The van der Waals surface area contributed by atoms with Crippen molar-refractivity contribution in [1.29, 1.82) is 0 Å². The molecule has 2 heteroatoms. The highest BCUT2D eigenvalue weighted by molar-refractivity contribution is 5.46. The third-order valence-electron chi connectivity index (χ3n) is 3.50. The Morgan fingerprint density at radius 3 is 2.19 bits per heavy atom. The number of hydrogen-bond acceptors (Lipinski definition) is 2. The van der Waals surface area contributed by atoms with E-state index in [1.54, 1.807) is 0 Å². The van der Waals surface area contributed by atoms with E-state index in [0.717, 1.165) is 24.4 Å². The van der Waals surface area contributed by atoms with Crippen LogP contribution in [0.5, 0.6) is 5.75 Å². The van der Waals surface area contributed by atoms with E-state index in [2.05, 4.69) is 54.7 Å². The highest BCUT2D eigenvalue weighted by atomic mass is 16.5. The second kappa shape index (κ2) is 7.72. The van der Waals surface area contributed by atoms with Crippen LogP contribution in [-0.4, -0.2) is 12.6 Å². The monoisotopic (exact) mass is 283 g/mol. The molecule has 2 aromatic rings. The Morgan fingerprint density at radius 1 is 0.905 bits per heavy atom. The minimum atomic E-state index is 0.218. The third-order valence-corrected chi connectivity index (χ3v) is 3.50. The zero-order valence-corrected chi connectivity index (χ0v) is 13.2. The molecule has 0 aliphatic rings. The van der Waals surface area contributed by atoms with Crippen molar-refractivity contribution < 1.29 is 4.74 Å². The summed E-state index contributed by atoms with van der Waals surface area (Å²) in [6, 6.07) is 18.8. The van der Waals surface area contributed by atoms with Crippen molar-refractivity contribution in [2.24, 2.45) is 0 Å². The van der Waals surface area contributed by atoms with Crippen LogP contribution in [0, 0.1) is 0 Å². The van der Waals surface area contributed by atoms with Crippen LogP contribution in [-0.2, 0) is 0 Å². The van der Waals surface area contributed by atoms with Gasteiger partial charge >= 0.3 is 0 Å². The highest BCUT2D eigenvalue weighted by Gasteiger charge is 2.04. The van der Waals surface area contributed by atoms with Crippen LogP contribution in [0.15, 0.2) is 54.6 Å². The summed E-state index contributed by atoms with van der Waals surface area (Å²) >= 11 is 0. The lowest BCUT2D eigenvalue weighted by Gasteiger charge is -2.14. The average Bonchev–Trinajstić information content (AvgIpc) is 2.49. The lowest BCUT2D eigenvalue weighted by atomic mass is 9.98. The van der Waals surface area contributed by atoms with E-state index >= 15 is 0 Å². The molecule has 0 saturated heterocycles. The first-order valence-electron chi connectivity index (χ1n) is 7.70. The van der Waals surface area contributed by atoms with E-state index in [4.69, 9.17) is 4.74 Å². The lowest BCUT2D eigenvalue weighted by Crippen LogP contribution is -2.07. The number of hydrogen-bond donors (Lipinski definition) is 1. The molecule has 0 fully saturated rings. The zero-order valence-electron chi connectivity index (χ0n) is 13.2. The fraction of sp³-hybridized carbons (Fsp3) is 0.368. The molecule has 0 bridgehead atoms. The maximum atomic E-state index is 5.64. The minimum absolute atomic E-state index is 0.218. The highest BCUT2D eigenvalue weighted by Crippen LogP contribution is 2.20. The standard InChI is InChI=1S/C19H25NO/c1-15(2)21-19-11-9-18(10-12-19)20-14-13-16(3)17-7-5-4-6-8-17/h4-12,15-16,20H,13-14H2,1-3H3. The van der Waals surface area contributed by atoms with Gasteiger partial charge in [0.15, 0.2) is 0 Å². The van der Waals surface area contributed by atoms with E-state index in [9.17, 15) is 0 Å². The van der Waals surface area contributed by atoms with Gasteiger partial charge in [0.05, 0.1) is 6.10 Å². The first kappa shape index (κ1) is 15.4. The van der Waals surface area contributed by atoms with Crippen LogP contribution in [0.1, 0.15) is 38.7 Å². The molecule has 0 aliphatic carbocycles. The molecule has 1 N–H and O–H groups in total. The van der Waals surface area contributed by atoms with Crippen LogP contribution in [0.2, 0.25) is 0 Å². The molecular weight excluding hydrogens is 258 g/mol. The average molecular weight is 283 g/mol. The molecular formula is C19H25NO. The smallest absolute Gasteiger partial charge is 0.119 e. The van der Waals surface area contributed by atoms with E-state index < -0.39 is 0 Å². The van der Waals surface area contributed by atoms with Crippen LogP contribution < -0.4 is 10.1 Å². The molecule has 0 aromatic heterocycles. The van der Waals surface area contributed by atoms with Gasteiger partial charge in [0.1, 0.15) is 5.75 Å². The first-order chi connectivity index (χ1) is 10.1. The second-order valence-corrected chi connectivity index (χ2v) is 5.72. The summed E-state index contributed by atoms with van der Waals surface area (Å²) in [4.78, 5) is 0. The van der Waals surface area contributed by atoms with E-state index in [1.165, 1.54) is 5.56 Å². The van der Waals surface area contributed by atoms with Gasteiger partial charge < -0.3 is 10.1 Å². The molecule has 0 radical (unpaired) electrons. The molecule has 2 nitrogen and oxygen atoms in total. The molecule has 0 heterocycles. The van der Waals surface area contributed by atoms with Gasteiger partial charge in [-0.2, -0.15) is 0 Å². The van der Waals surface area contributed by atoms with Crippen LogP contribution >= 0.6 is 0 Å².